The number of ether oxygens (including phenoxy) is 1. The van der Waals surface area contributed by atoms with Gasteiger partial charge in [-0.3, -0.25) is 4.72 Å². The zero-order valence-electron chi connectivity index (χ0n) is 17.6. The Labute approximate surface area is 185 Å². The van der Waals surface area contributed by atoms with E-state index >= 15 is 0 Å². The average Bonchev–Trinajstić information content (AvgIpc) is 3.22. The van der Waals surface area contributed by atoms with Gasteiger partial charge in [-0.2, -0.15) is 13.2 Å². The molecule has 0 spiro atoms. The zero-order valence-corrected chi connectivity index (χ0v) is 18.4. The maximum atomic E-state index is 13.3. The van der Waals surface area contributed by atoms with E-state index in [-0.39, 0.29) is 16.3 Å². The summed E-state index contributed by atoms with van der Waals surface area (Å²) in [5, 5.41) is 0. The molecule has 0 fully saturated rings. The van der Waals surface area contributed by atoms with Crippen LogP contribution in [0, 0.1) is 13.8 Å². The van der Waals surface area contributed by atoms with Crippen LogP contribution < -0.4 is 9.46 Å². The third-order valence-electron chi connectivity index (χ3n) is 5.58. The van der Waals surface area contributed by atoms with Gasteiger partial charge >= 0.3 is 6.18 Å². The molecule has 3 aromatic rings. The van der Waals surface area contributed by atoms with Crippen LogP contribution in [0.15, 0.2) is 59.5 Å². The summed E-state index contributed by atoms with van der Waals surface area (Å²) < 4.78 is 74.0. The van der Waals surface area contributed by atoms with Crippen LogP contribution in [0.3, 0.4) is 0 Å². The van der Waals surface area contributed by atoms with Crippen molar-refractivity contribution in [2.24, 2.45) is 0 Å². The molecule has 0 unspecified atom stereocenters. The highest BCUT2D eigenvalue weighted by Crippen LogP contribution is 2.40. The fourth-order valence-electron chi connectivity index (χ4n) is 3.86. The summed E-state index contributed by atoms with van der Waals surface area (Å²) >= 11 is 0. The normalized spacial score (nSPS) is 13.7. The van der Waals surface area contributed by atoms with Crippen LogP contribution in [0.5, 0.6) is 11.5 Å². The molecule has 168 valence electrons. The lowest BCUT2D eigenvalue weighted by Gasteiger charge is -2.18. The quantitative estimate of drug-likeness (QED) is 0.478. The molecule has 0 amide bonds. The maximum absolute atomic E-state index is 13.3. The number of benzene rings is 3. The number of hydrogen-bond donors (Lipinski definition) is 1. The minimum Gasteiger partial charge on any atom is -0.455 e. The monoisotopic (exact) mass is 461 g/mol. The highest BCUT2D eigenvalue weighted by Gasteiger charge is 2.32. The van der Waals surface area contributed by atoms with E-state index in [2.05, 4.69) is 4.72 Å². The van der Waals surface area contributed by atoms with E-state index in [1.807, 2.05) is 19.9 Å². The lowest BCUT2D eigenvalue weighted by atomic mass is 10.0. The van der Waals surface area contributed by atoms with Crippen molar-refractivity contribution in [2.45, 2.75) is 44.2 Å². The van der Waals surface area contributed by atoms with Crippen LogP contribution in [0.25, 0.3) is 0 Å². The third-order valence-corrected chi connectivity index (χ3v) is 6.96. The largest absolute Gasteiger partial charge is 0.455 e. The number of nitrogens with one attached hydrogen (secondary N) is 1. The smallest absolute Gasteiger partial charge is 0.416 e. The van der Waals surface area contributed by atoms with Gasteiger partial charge in [0.2, 0.25) is 0 Å². The van der Waals surface area contributed by atoms with E-state index in [1.54, 1.807) is 18.2 Å². The molecule has 1 aliphatic carbocycles. The van der Waals surface area contributed by atoms with Crippen molar-refractivity contribution >= 4 is 15.7 Å². The molecule has 8 heteroatoms. The molecular weight excluding hydrogens is 439 g/mol. The van der Waals surface area contributed by atoms with Crippen LogP contribution in [-0.4, -0.2) is 8.42 Å². The van der Waals surface area contributed by atoms with E-state index < -0.39 is 21.8 Å². The highest BCUT2D eigenvalue weighted by atomic mass is 32.2. The summed E-state index contributed by atoms with van der Waals surface area (Å²) in [6, 6.07) is 12.5. The Balaban J connectivity index is 1.75. The SMILES string of the molecule is Cc1ccc(S(=O)(=O)Nc2cc(C(F)(F)F)ccc2Oc2ccc(C)c3c2CCC3)cc1. The molecule has 3 aromatic carbocycles. The number of aryl methyl sites for hydroxylation is 2. The van der Waals surface area contributed by atoms with Gasteiger partial charge in [0.15, 0.2) is 5.75 Å². The van der Waals surface area contributed by atoms with Crippen LogP contribution in [-0.2, 0) is 29.0 Å². The predicted octanol–water partition coefficient (Wildman–Crippen LogP) is 6.40. The van der Waals surface area contributed by atoms with Gasteiger partial charge in [-0.1, -0.05) is 23.8 Å². The molecule has 4 nitrogen and oxygen atoms in total. The molecule has 0 atom stereocenters. The minimum absolute atomic E-state index is 0.00615. The topological polar surface area (TPSA) is 55.4 Å². The van der Waals surface area contributed by atoms with Crippen LogP contribution >= 0.6 is 0 Å². The Morgan fingerprint density at radius 3 is 2.22 bits per heavy atom. The number of fused-ring (bicyclic) bond motifs is 1. The minimum atomic E-state index is -4.63. The standard InChI is InChI=1S/C24H22F3NO3S/c1-15-6-10-18(11-7-15)32(29,30)28-21-14-17(24(25,26)27)9-13-23(21)31-22-12-8-16(2)19-4-3-5-20(19)22/h6-14,28H,3-5H2,1-2H3. The molecule has 0 bridgehead atoms. The Bertz CT molecular complexity index is 1270. The first-order valence-electron chi connectivity index (χ1n) is 10.1. The molecule has 1 N–H and O–H groups in total. The number of anilines is 1. The average molecular weight is 462 g/mol. The summed E-state index contributed by atoms with van der Waals surface area (Å²) in [5.74, 6) is 0.533. The van der Waals surface area contributed by atoms with E-state index in [9.17, 15) is 21.6 Å². The van der Waals surface area contributed by atoms with Gasteiger partial charge in [0.25, 0.3) is 10.0 Å². The molecule has 4 rings (SSSR count). The molecule has 0 aliphatic heterocycles. The van der Waals surface area contributed by atoms with Crippen molar-refractivity contribution in [1.29, 1.82) is 0 Å². The summed E-state index contributed by atoms with van der Waals surface area (Å²) in [6.07, 6.45) is -1.94. The third kappa shape index (κ3) is 4.46. The molecule has 0 heterocycles. The van der Waals surface area contributed by atoms with Crippen molar-refractivity contribution in [2.75, 3.05) is 4.72 Å². The van der Waals surface area contributed by atoms with Gasteiger partial charge in [0, 0.05) is 0 Å². The van der Waals surface area contributed by atoms with Gasteiger partial charge in [-0.15, -0.1) is 0 Å². The number of alkyl halides is 3. The van der Waals surface area contributed by atoms with Gasteiger partial charge in [0.05, 0.1) is 16.1 Å². The molecule has 1 aliphatic rings. The van der Waals surface area contributed by atoms with Crippen LogP contribution in [0.1, 0.15) is 34.2 Å². The molecule has 0 saturated carbocycles. The molecule has 0 saturated heterocycles. The van der Waals surface area contributed by atoms with E-state index in [0.29, 0.717) is 5.75 Å². The first-order valence-corrected chi connectivity index (χ1v) is 11.6. The number of halogens is 3. The molecule has 0 aromatic heterocycles. The number of hydrogen-bond acceptors (Lipinski definition) is 3. The van der Waals surface area contributed by atoms with E-state index in [4.69, 9.17) is 4.74 Å². The van der Waals surface area contributed by atoms with Gasteiger partial charge in [-0.05, 0) is 86.2 Å². The van der Waals surface area contributed by atoms with Crippen molar-refractivity contribution in [3.05, 3.63) is 82.4 Å². The maximum Gasteiger partial charge on any atom is 0.416 e. The first kappa shape index (κ1) is 22.2. The molecule has 0 radical (unpaired) electrons. The Morgan fingerprint density at radius 1 is 0.875 bits per heavy atom. The van der Waals surface area contributed by atoms with E-state index in [0.717, 1.165) is 54.2 Å². The Kier molecular flexibility index (Phi) is 5.67. The first-order chi connectivity index (χ1) is 15.0. The van der Waals surface area contributed by atoms with Crippen LogP contribution in [0.2, 0.25) is 0 Å². The van der Waals surface area contributed by atoms with Crippen molar-refractivity contribution in [1.82, 2.24) is 0 Å². The second-order valence-electron chi connectivity index (χ2n) is 7.92. The van der Waals surface area contributed by atoms with E-state index in [1.165, 1.54) is 17.7 Å². The second-order valence-corrected chi connectivity index (χ2v) is 9.60. The van der Waals surface area contributed by atoms with Gasteiger partial charge < -0.3 is 4.74 Å². The Morgan fingerprint density at radius 2 is 1.53 bits per heavy atom. The van der Waals surface area contributed by atoms with Crippen molar-refractivity contribution in [3.63, 3.8) is 0 Å². The highest BCUT2D eigenvalue weighted by molar-refractivity contribution is 7.92. The summed E-state index contributed by atoms with van der Waals surface area (Å²) in [6.45, 7) is 3.82. The predicted molar refractivity (Wildman–Crippen MR) is 117 cm³/mol. The fraction of sp³-hybridized carbons (Fsp3) is 0.250. The summed E-state index contributed by atoms with van der Waals surface area (Å²) in [5.41, 5.74) is 2.94. The van der Waals surface area contributed by atoms with Crippen molar-refractivity contribution in [3.8, 4) is 11.5 Å². The lowest BCUT2D eigenvalue weighted by Crippen LogP contribution is -2.15. The summed E-state index contributed by atoms with van der Waals surface area (Å²) in [7, 11) is -4.12. The van der Waals surface area contributed by atoms with Crippen LogP contribution in [0.4, 0.5) is 18.9 Å². The Hall–Kier alpha value is -3.00. The summed E-state index contributed by atoms with van der Waals surface area (Å²) in [4.78, 5) is -0.0531. The molecule has 32 heavy (non-hydrogen) atoms. The number of sulfonamides is 1. The van der Waals surface area contributed by atoms with Crippen molar-refractivity contribution < 1.29 is 26.3 Å². The van der Waals surface area contributed by atoms with Gasteiger partial charge in [0.1, 0.15) is 5.75 Å². The lowest BCUT2D eigenvalue weighted by molar-refractivity contribution is -0.137. The zero-order chi connectivity index (χ0) is 23.1. The number of rotatable bonds is 5. The molecular formula is C24H22F3NO3S. The van der Waals surface area contributed by atoms with Gasteiger partial charge in [-0.25, -0.2) is 8.42 Å². The second kappa shape index (κ2) is 8.16. The fourth-order valence-corrected chi connectivity index (χ4v) is 4.92.